The van der Waals surface area contributed by atoms with Gasteiger partial charge in [-0.25, -0.2) is 19.3 Å². The topological polar surface area (TPSA) is 98.4 Å². The van der Waals surface area contributed by atoms with Gasteiger partial charge in [0.05, 0.1) is 21.3 Å². The largest absolute Gasteiger partial charge is 0.382 e. The van der Waals surface area contributed by atoms with Gasteiger partial charge in [-0.1, -0.05) is 47.6 Å². The molecule has 1 fully saturated rings. The molecule has 1 aliphatic heterocycles. The zero-order valence-electron chi connectivity index (χ0n) is 19.9. The third kappa shape index (κ3) is 3.72. The van der Waals surface area contributed by atoms with E-state index in [2.05, 4.69) is 39.1 Å². The summed E-state index contributed by atoms with van der Waals surface area (Å²) in [5.41, 5.74) is 17.2. The summed E-state index contributed by atoms with van der Waals surface area (Å²) in [6, 6.07) is 10.4. The highest BCUT2D eigenvalue weighted by Gasteiger charge is 2.46. The van der Waals surface area contributed by atoms with Crippen LogP contribution in [0, 0.1) is 12.3 Å². The molecule has 4 heterocycles. The number of halogens is 2. The minimum Gasteiger partial charge on any atom is -0.382 e. The fraction of sp³-hybridized carbons (Fsp3) is 0.346. The number of nitrogen functional groups attached to an aromatic ring is 1. The molecule has 1 saturated heterocycles. The highest BCUT2D eigenvalue weighted by molar-refractivity contribution is 7.99. The van der Waals surface area contributed by atoms with E-state index in [0.29, 0.717) is 16.4 Å². The lowest BCUT2D eigenvalue weighted by atomic mass is 9.73. The molecular weight excluding hydrogens is 497 g/mol. The summed E-state index contributed by atoms with van der Waals surface area (Å²) < 4.78 is 15.6. The van der Waals surface area contributed by atoms with Crippen LogP contribution in [0.1, 0.15) is 41.4 Å². The van der Waals surface area contributed by atoms with Crippen molar-refractivity contribution in [2.75, 3.05) is 23.7 Å². The molecule has 1 atom stereocenters. The third-order valence-electron chi connectivity index (χ3n) is 7.63. The summed E-state index contributed by atoms with van der Waals surface area (Å²) in [4.78, 5) is 17.5. The average molecular weight is 524 g/mol. The van der Waals surface area contributed by atoms with E-state index in [1.54, 1.807) is 18.5 Å². The van der Waals surface area contributed by atoms with Crippen molar-refractivity contribution in [3.63, 3.8) is 0 Å². The number of imidazole rings is 1. The van der Waals surface area contributed by atoms with E-state index >= 15 is 0 Å². The number of nitrogens with two attached hydrogens (primary N) is 2. The summed E-state index contributed by atoms with van der Waals surface area (Å²) in [6.07, 6.45) is 6.32. The Bertz CT molecular complexity index is 1460. The SMILES string of the molecule is Cc1nc(N2CCC3(CC2)Cc2ccccc2[C@H]3N)n2cc(CF)nc2c1Sc1ccnc(N)c1Cl. The van der Waals surface area contributed by atoms with Gasteiger partial charge < -0.3 is 16.4 Å². The molecule has 1 aliphatic carbocycles. The Kier molecular flexibility index (Phi) is 5.81. The van der Waals surface area contributed by atoms with Gasteiger partial charge in [0.15, 0.2) is 5.65 Å². The highest BCUT2D eigenvalue weighted by atomic mass is 35.5. The molecule has 0 amide bonds. The van der Waals surface area contributed by atoms with Crippen LogP contribution in [-0.2, 0) is 13.1 Å². The van der Waals surface area contributed by atoms with Crippen LogP contribution in [0.15, 0.2) is 52.5 Å². The molecule has 1 aromatic carbocycles. The lowest BCUT2D eigenvalue weighted by Crippen LogP contribution is -2.45. The molecule has 1 spiro atoms. The van der Waals surface area contributed by atoms with E-state index in [1.165, 1.54) is 22.9 Å². The van der Waals surface area contributed by atoms with E-state index in [9.17, 15) is 4.39 Å². The van der Waals surface area contributed by atoms with Crippen molar-refractivity contribution in [3.8, 4) is 0 Å². The lowest BCUT2D eigenvalue weighted by molar-refractivity contribution is 0.186. The van der Waals surface area contributed by atoms with Gasteiger partial charge in [-0.2, -0.15) is 0 Å². The molecule has 10 heteroatoms. The number of pyridine rings is 1. The van der Waals surface area contributed by atoms with Gasteiger partial charge in [-0.05, 0) is 48.8 Å². The van der Waals surface area contributed by atoms with E-state index in [0.717, 1.165) is 53.8 Å². The first-order valence-corrected chi connectivity index (χ1v) is 13.2. The average Bonchev–Trinajstić information content (AvgIpc) is 3.43. The molecule has 4 aromatic rings. The van der Waals surface area contributed by atoms with Crippen LogP contribution in [0.25, 0.3) is 5.65 Å². The maximum absolute atomic E-state index is 13.7. The van der Waals surface area contributed by atoms with Gasteiger partial charge >= 0.3 is 0 Å². The van der Waals surface area contributed by atoms with Gasteiger partial charge in [0, 0.05) is 36.4 Å². The van der Waals surface area contributed by atoms with Gasteiger partial charge in [0.25, 0.3) is 0 Å². The number of anilines is 2. The fourth-order valence-corrected chi connectivity index (χ4v) is 6.85. The standard InChI is InChI=1S/C26H27ClFN7S/c1-15-21(36-19-6-9-31-23(30)20(19)27)24-33-17(13-28)14-35(24)25(32-15)34-10-7-26(8-11-34)12-16-4-2-3-5-18(16)22(26)29/h2-6,9,14,22H,7-8,10-13,29H2,1H3,(H2,30,31)/t22-/m1/s1. The molecule has 0 bridgehead atoms. The van der Waals surface area contributed by atoms with Crippen LogP contribution >= 0.6 is 23.4 Å². The smallest absolute Gasteiger partial charge is 0.211 e. The van der Waals surface area contributed by atoms with Crippen molar-refractivity contribution in [2.45, 2.75) is 48.7 Å². The number of nitrogens with zero attached hydrogens (tertiary/aromatic N) is 5. The van der Waals surface area contributed by atoms with E-state index in [4.69, 9.17) is 28.1 Å². The number of benzene rings is 1. The normalized spacial score (nSPS) is 18.8. The summed E-state index contributed by atoms with van der Waals surface area (Å²) in [7, 11) is 0. The van der Waals surface area contributed by atoms with Gasteiger partial charge in [-0.3, -0.25) is 4.40 Å². The third-order valence-corrected chi connectivity index (χ3v) is 9.39. The first-order chi connectivity index (χ1) is 17.4. The van der Waals surface area contributed by atoms with Crippen molar-refractivity contribution in [2.24, 2.45) is 11.1 Å². The summed E-state index contributed by atoms with van der Waals surface area (Å²) in [5, 5.41) is 0.386. The predicted octanol–water partition coefficient (Wildman–Crippen LogP) is 5.13. The zero-order chi connectivity index (χ0) is 25.0. The number of aryl methyl sites for hydroxylation is 1. The fourth-order valence-electron chi connectivity index (χ4n) is 5.65. The minimum atomic E-state index is -0.649. The van der Waals surface area contributed by atoms with Gasteiger partial charge in [0.1, 0.15) is 12.5 Å². The van der Waals surface area contributed by atoms with Gasteiger partial charge in [0.2, 0.25) is 5.95 Å². The second kappa shape index (κ2) is 8.90. The Morgan fingerprint density at radius 3 is 2.72 bits per heavy atom. The van der Waals surface area contributed by atoms with Crippen molar-refractivity contribution < 1.29 is 4.39 Å². The van der Waals surface area contributed by atoms with Crippen molar-refractivity contribution >= 4 is 40.8 Å². The number of aromatic nitrogens is 4. The van der Waals surface area contributed by atoms with Crippen LogP contribution in [-0.4, -0.2) is 32.4 Å². The van der Waals surface area contributed by atoms with E-state index < -0.39 is 6.67 Å². The van der Waals surface area contributed by atoms with Crippen molar-refractivity contribution in [1.29, 1.82) is 0 Å². The maximum atomic E-state index is 13.7. The number of piperidine rings is 1. The summed E-state index contributed by atoms with van der Waals surface area (Å²) in [6.45, 7) is 2.95. The van der Waals surface area contributed by atoms with Crippen LogP contribution in [0.5, 0.6) is 0 Å². The Morgan fingerprint density at radius 2 is 1.97 bits per heavy atom. The highest BCUT2D eigenvalue weighted by Crippen LogP contribution is 2.51. The first-order valence-electron chi connectivity index (χ1n) is 12.0. The molecule has 6 rings (SSSR count). The molecule has 0 saturated carbocycles. The molecule has 7 nitrogen and oxygen atoms in total. The van der Waals surface area contributed by atoms with Crippen LogP contribution in [0.4, 0.5) is 16.2 Å². The first kappa shape index (κ1) is 23.5. The molecule has 36 heavy (non-hydrogen) atoms. The van der Waals surface area contributed by atoms with Crippen LogP contribution in [0.2, 0.25) is 5.02 Å². The number of fused-ring (bicyclic) bond motifs is 2. The second-order valence-electron chi connectivity index (χ2n) is 9.70. The Balaban J connectivity index is 1.33. The quantitative estimate of drug-likeness (QED) is 0.382. The van der Waals surface area contributed by atoms with Crippen molar-refractivity contribution in [3.05, 3.63) is 70.3 Å². The Labute approximate surface area is 218 Å². The number of alkyl halides is 1. The lowest BCUT2D eigenvalue weighted by Gasteiger charge is -2.42. The number of hydrogen-bond donors (Lipinski definition) is 2. The van der Waals surface area contributed by atoms with Gasteiger partial charge in [-0.15, -0.1) is 0 Å². The van der Waals surface area contributed by atoms with E-state index in [-0.39, 0.29) is 17.3 Å². The van der Waals surface area contributed by atoms with Crippen molar-refractivity contribution in [1.82, 2.24) is 19.4 Å². The van der Waals surface area contributed by atoms with Crippen LogP contribution < -0.4 is 16.4 Å². The molecule has 0 radical (unpaired) electrons. The zero-order valence-corrected chi connectivity index (χ0v) is 21.5. The van der Waals surface area contributed by atoms with E-state index in [1.807, 2.05) is 11.3 Å². The molecule has 186 valence electrons. The minimum absolute atomic E-state index is 0.0493. The molecule has 2 aliphatic rings. The number of rotatable bonds is 4. The molecule has 4 N–H and O–H groups in total. The summed E-state index contributed by atoms with van der Waals surface area (Å²) in [5.74, 6) is 1.04. The number of hydrogen-bond acceptors (Lipinski definition) is 7. The molecule has 3 aromatic heterocycles. The second-order valence-corrected chi connectivity index (χ2v) is 11.1. The summed E-state index contributed by atoms with van der Waals surface area (Å²) >= 11 is 7.82. The molecular formula is C26H27ClFN7S. The Hall–Kier alpha value is -2.88. The predicted molar refractivity (Wildman–Crippen MR) is 141 cm³/mol. The molecule has 0 unspecified atom stereocenters. The maximum Gasteiger partial charge on any atom is 0.211 e. The monoisotopic (exact) mass is 523 g/mol. The van der Waals surface area contributed by atoms with Crippen LogP contribution in [0.3, 0.4) is 0 Å². The Morgan fingerprint density at radius 1 is 1.19 bits per heavy atom.